The summed E-state index contributed by atoms with van der Waals surface area (Å²) in [4.78, 5) is 51.1. The molecule has 12 nitrogen and oxygen atoms in total. The van der Waals surface area contributed by atoms with Crippen LogP contribution in [0, 0.1) is 0 Å². The smallest absolute Gasteiger partial charge is 0.335 e. The predicted octanol–water partition coefficient (Wildman–Crippen LogP) is 15.2. The van der Waals surface area contributed by atoms with Crippen LogP contribution >= 0.6 is 0 Å². The monoisotopic (exact) mass is 1070 g/mol. The number of carbonyl (C=O) groups is 4. The molecule has 0 aromatic carbocycles. The molecular formula is C65H102O12. The first-order valence-corrected chi connectivity index (χ1v) is 29.5. The number of carbonyl (C=O) groups excluding carboxylic acids is 3. The minimum absolute atomic E-state index is 0.0252. The quantitative estimate of drug-likeness (QED) is 0.0228. The minimum atomic E-state index is -1.93. The van der Waals surface area contributed by atoms with Crippen molar-refractivity contribution in [1.29, 1.82) is 0 Å². The summed E-state index contributed by atoms with van der Waals surface area (Å²) in [6, 6.07) is 0. The van der Waals surface area contributed by atoms with Gasteiger partial charge in [0.15, 0.2) is 24.6 Å². The first-order valence-electron chi connectivity index (χ1n) is 29.5. The molecule has 0 bridgehead atoms. The second-order valence-corrected chi connectivity index (χ2v) is 19.5. The Morgan fingerprint density at radius 2 is 0.844 bits per heavy atom. The lowest BCUT2D eigenvalue weighted by Gasteiger charge is -2.40. The number of allylic oxidation sites excluding steroid dienone is 20. The standard InChI is InChI=1S/C65H102O12/c1-4-7-10-13-16-19-22-25-27-28-29-30-32-34-36-39-42-45-48-51-57(66)73-54-56(75-58(67)52-49-46-43-40-37-33-24-21-18-15-12-9-6-3)55-74-65-63(61(70)60(69)62(77-65)64(71)72)76-59(68)53-50-47-44-41-38-35-31-26-23-20-17-14-11-8-5-2/h8-9,11-12,16-21,25-27,29-31,33,37,43,46,56,60-63,65,69-70H,4-7,10,13-15,22-24,28,32,34-36,38-42,44-45,47-55H2,1-3H3,(H,71,72)/b11-8-,12-9-,19-16-,20-17-,21-18-,27-25-,30-29-,31-26-,37-33-,46-43-. The van der Waals surface area contributed by atoms with Crippen LogP contribution in [0.1, 0.15) is 213 Å². The Kier molecular flexibility index (Phi) is 47.2. The van der Waals surface area contributed by atoms with Gasteiger partial charge < -0.3 is 39.0 Å². The third-order valence-corrected chi connectivity index (χ3v) is 12.5. The van der Waals surface area contributed by atoms with Crippen LogP contribution in [0.2, 0.25) is 0 Å². The van der Waals surface area contributed by atoms with E-state index in [0.29, 0.717) is 25.7 Å². The fourth-order valence-electron chi connectivity index (χ4n) is 8.05. The molecule has 434 valence electrons. The molecule has 0 amide bonds. The SMILES string of the molecule is CC/C=C\C/C=C\C/C=C\C/C=C\CCC(=O)OC(COC(=O)CCCCCCCC/C=C\C/C=C\C/C=C\CCCCC)COC1OC(C(=O)O)C(O)C(O)C1OC(=O)CCCCCCC/C=C\C/C=C\C/C=C\CC. The molecule has 1 fully saturated rings. The highest BCUT2D eigenvalue weighted by Crippen LogP contribution is 2.26. The molecule has 3 N–H and O–H groups in total. The van der Waals surface area contributed by atoms with Gasteiger partial charge in [-0.1, -0.05) is 200 Å². The van der Waals surface area contributed by atoms with E-state index < -0.39 is 67.3 Å². The third-order valence-electron chi connectivity index (χ3n) is 12.5. The largest absolute Gasteiger partial charge is 0.479 e. The maximum Gasteiger partial charge on any atom is 0.335 e. The number of carboxylic acid groups (broad SMARTS) is 1. The van der Waals surface area contributed by atoms with Gasteiger partial charge in [-0.2, -0.15) is 0 Å². The molecule has 1 aliphatic rings. The van der Waals surface area contributed by atoms with Crippen LogP contribution in [-0.2, 0) is 42.9 Å². The predicted molar refractivity (Wildman–Crippen MR) is 312 cm³/mol. The van der Waals surface area contributed by atoms with Gasteiger partial charge in [-0.05, 0) is 116 Å². The molecule has 1 aliphatic heterocycles. The molecule has 0 saturated carbocycles. The van der Waals surface area contributed by atoms with E-state index in [1.807, 2.05) is 12.2 Å². The summed E-state index contributed by atoms with van der Waals surface area (Å²) < 4.78 is 28.3. The Bertz CT molecular complexity index is 1800. The molecule has 0 spiro atoms. The molecule has 6 unspecified atom stereocenters. The van der Waals surface area contributed by atoms with E-state index >= 15 is 0 Å². The van der Waals surface area contributed by atoms with Crippen LogP contribution in [0.3, 0.4) is 0 Å². The van der Waals surface area contributed by atoms with Gasteiger partial charge in [0.1, 0.15) is 18.8 Å². The molecule has 0 radical (unpaired) electrons. The van der Waals surface area contributed by atoms with Crippen LogP contribution in [-0.4, -0.2) is 89.2 Å². The van der Waals surface area contributed by atoms with Crippen LogP contribution in [0.4, 0.5) is 0 Å². The molecule has 1 saturated heterocycles. The molecule has 12 heteroatoms. The zero-order valence-corrected chi connectivity index (χ0v) is 47.7. The number of carboxylic acids is 1. The second kappa shape index (κ2) is 51.9. The minimum Gasteiger partial charge on any atom is -0.479 e. The first-order chi connectivity index (χ1) is 37.6. The summed E-state index contributed by atoms with van der Waals surface area (Å²) in [6.45, 7) is 5.64. The van der Waals surface area contributed by atoms with Gasteiger partial charge in [0.25, 0.3) is 0 Å². The van der Waals surface area contributed by atoms with Crippen LogP contribution in [0.25, 0.3) is 0 Å². The second-order valence-electron chi connectivity index (χ2n) is 19.5. The lowest BCUT2D eigenvalue weighted by atomic mass is 9.98. The fourth-order valence-corrected chi connectivity index (χ4v) is 8.05. The van der Waals surface area contributed by atoms with Crippen molar-refractivity contribution in [2.45, 2.75) is 250 Å². The molecule has 0 aromatic rings. The summed E-state index contributed by atoms with van der Waals surface area (Å²) in [6.07, 6.45) is 59.0. The highest BCUT2D eigenvalue weighted by Gasteiger charge is 2.50. The van der Waals surface area contributed by atoms with Gasteiger partial charge in [-0.25, -0.2) is 4.79 Å². The molecule has 1 heterocycles. The van der Waals surface area contributed by atoms with Crippen LogP contribution < -0.4 is 0 Å². The number of aliphatic hydroxyl groups excluding tert-OH is 2. The number of hydrogen-bond donors (Lipinski definition) is 3. The van der Waals surface area contributed by atoms with Crippen molar-refractivity contribution in [3.05, 3.63) is 122 Å². The van der Waals surface area contributed by atoms with E-state index in [2.05, 4.69) is 130 Å². The zero-order chi connectivity index (χ0) is 56.1. The van der Waals surface area contributed by atoms with Crippen molar-refractivity contribution in [3.63, 3.8) is 0 Å². The molecular weight excluding hydrogens is 973 g/mol. The van der Waals surface area contributed by atoms with E-state index in [4.69, 9.17) is 23.7 Å². The number of aliphatic carboxylic acids is 1. The average molecular weight is 1080 g/mol. The third kappa shape index (κ3) is 41.8. The summed E-state index contributed by atoms with van der Waals surface area (Å²) in [5.74, 6) is -3.29. The topological polar surface area (TPSA) is 175 Å². The number of aliphatic hydroxyl groups is 2. The average Bonchev–Trinajstić information content (AvgIpc) is 3.42. The maximum absolute atomic E-state index is 13.1. The maximum atomic E-state index is 13.1. The Hall–Kier alpha value is -4.88. The summed E-state index contributed by atoms with van der Waals surface area (Å²) >= 11 is 0. The fraction of sp³-hybridized carbons (Fsp3) is 0.631. The number of ether oxygens (including phenoxy) is 5. The highest BCUT2D eigenvalue weighted by molar-refractivity contribution is 5.74. The van der Waals surface area contributed by atoms with Crippen LogP contribution in [0.5, 0.6) is 0 Å². The van der Waals surface area contributed by atoms with Gasteiger partial charge in [-0.3, -0.25) is 14.4 Å². The van der Waals surface area contributed by atoms with Gasteiger partial charge >= 0.3 is 23.9 Å². The zero-order valence-electron chi connectivity index (χ0n) is 47.7. The van der Waals surface area contributed by atoms with Gasteiger partial charge in [-0.15, -0.1) is 0 Å². The summed E-state index contributed by atoms with van der Waals surface area (Å²) in [5, 5.41) is 31.5. The van der Waals surface area contributed by atoms with Crippen molar-refractivity contribution in [2.24, 2.45) is 0 Å². The molecule has 6 atom stereocenters. The normalized spacial score (nSPS) is 18.9. The number of hydrogen-bond acceptors (Lipinski definition) is 11. The molecule has 77 heavy (non-hydrogen) atoms. The Labute approximate surface area is 465 Å². The van der Waals surface area contributed by atoms with E-state index in [9.17, 15) is 34.5 Å². The van der Waals surface area contributed by atoms with Gasteiger partial charge in [0, 0.05) is 19.3 Å². The van der Waals surface area contributed by atoms with Gasteiger partial charge in [0.2, 0.25) is 0 Å². The highest BCUT2D eigenvalue weighted by atomic mass is 16.7. The van der Waals surface area contributed by atoms with Crippen molar-refractivity contribution >= 4 is 23.9 Å². The molecule has 0 aromatic heterocycles. The Morgan fingerprint density at radius 3 is 1.30 bits per heavy atom. The van der Waals surface area contributed by atoms with Crippen molar-refractivity contribution in [2.75, 3.05) is 13.2 Å². The first kappa shape index (κ1) is 70.1. The van der Waals surface area contributed by atoms with E-state index in [1.54, 1.807) is 0 Å². The molecule has 0 aliphatic carbocycles. The Balaban J connectivity index is 2.74. The molecule has 1 rings (SSSR count). The van der Waals surface area contributed by atoms with Crippen molar-refractivity contribution in [3.8, 4) is 0 Å². The lowest BCUT2D eigenvalue weighted by molar-refractivity contribution is -0.301. The Morgan fingerprint density at radius 1 is 0.442 bits per heavy atom. The van der Waals surface area contributed by atoms with E-state index in [1.165, 1.54) is 25.7 Å². The lowest BCUT2D eigenvalue weighted by Crippen LogP contribution is -2.61. The van der Waals surface area contributed by atoms with Crippen molar-refractivity contribution < 1.29 is 58.2 Å². The van der Waals surface area contributed by atoms with Gasteiger partial charge in [0.05, 0.1) is 6.61 Å². The number of esters is 3. The number of unbranched alkanes of at least 4 members (excludes halogenated alkanes) is 14. The summed E-state index contributed by atoms with van der Waals surface area (Å²) in [7, 11) is 0. The van der Waals surface area contributed by atoms with Crippen LogP contribution in [0.15, 0.2) is 122 Å². The number of rotatable bonds is 48. The van der Waals surface area contributed by atoms with E-state index in [-0.39, 0.29) is 25.9 Å². The van der Waals surface area contributed by atoms with E-state index in [0.717, 1.165) is 122 Å². The van der Waals surface area contributed by atoms with Crippen molar-refractivity contribution in [1.82, 2.24) is 0 Å². The summed E-state index contributed by atoms with van der Waals surface area (Å²) in [5.41, 5.74) is 0.